The molecule has 3 rings (SSSR count). The zero-order valence-corrected chi connectivity index (χ0v) is 11.8. The third-order valence-electron chi connectivity index (χ3n) is 3.98. The van der Waals surface area contributed by atoms with Crippen molar-refractivity contribution in [3.8, 4) is 0 Å². The summed E-state index contributed by atoms with van der Waals surface area (Å²) in [5.74, 6) is 0. The maximum absolute atomic E-state index is 6.03. The Balaban J connectivity index is 1.53. The van der Waals surface area contributed by atoms with Crippen LogP contribution in [-0.4, -0.2) is 48.3 Å². The van der Waals surface area contributed by atoms with Crippen LogP contribution in [0.4, 0.5) is 0 Å². The molecule has 104 valence electrons. The molecule has 0 amide bonds. The van der Waals surface area contributed by atoms with Crippen molar-refractivity contribution >= 4 is 0 Å². The molecule has 2 fully saturated rings. The Kier molecular flexibility index (Phi) is 3.56. The second kappa shape index (κ2) is 5.19. The second-order valence-corrected chi connectivity index (χ2v) is 5.90. The molecule has 0 radical (unpaired) electrons. The number of rotatable bonds is 3. The minimum Gasteiger partial charge on any atom is -0.372 e. The van der Waals surface area contributed by atoms with E-state index in [-0.39, 0.29) is 5.60 Å². The van der Waals surface area contributed by atoms with Crippen molar-refractivity contribution in [2.75, 3.05) is 26.7 Å². The number of pyridine rings is 1. The first-order valence-corrected chi connectivity index (χ1v) is 7.02. The summed E-state index contributed by atoms with van der Waals surface area (Å²) in [5, 5.41) is 0. The summed E-state index contributed by atoms with van der Waals surface area (Å²) in [7, 11) is 2.13. The highest BCUT2D eigenvalue weighted by molar-refractivity contribution is 5.09. The summed E-state index contributed by atoms with van der Waals surface area (Å²) >= 11 is 0. The van der Waals surface area contributed by atoms with Crippen LogP contribution in [0.1, 0.15) is 24.2 Å². The Morgan fingerprint density at radius 1 is 1.47 bits per heavy atom. The SMILES string of the molecule is Cc1cccc(CO[C@H]2CCOC3(C2)CN(C)C3)n1. The van der Waals surface area contributed by atoms with Gasteiger partial charge in [0.2, 0.25) is 0 Å². The lowest BCUT2D eigenvalue weighted by Crippen LogP contribution is -2.64. The first-order valence-electron chi connectivity index (χ1n) is 7.02. The van der Waals surface area contributed by atoms with E-state index < -0.39 is 0 Å². The lowest BCUT2D eigenvalue weighted by atomic mass is 9.85. The zero-order valence-electron chi connectivity index (χ0n) is 11.8. The molecule has 4 heteroatoms. The lowest BCUT2D eigenvalue weighted by molar-refractivity contribution is -0.193. The van der Waals surface area contributed by atoms with Gasteiger partial charge >= 0.3 is 0 Å². The van der Waals surface area contributed by atoms with Crippen LogP contribution < -0.4 is 0 Å². The molecule has 19 heavy (non-hydrogen) atoms. The van der Waals surface area contributed by atoms with E-state index in [9.17, 15) is 0 Å². The van der Waals surface area contributed by atoms with Gasteiger partial charge in [0.15, 0.2) is 0 Å². The van der Waals surface area contributed by atoms with Gasteiger partial charge in [-0.25, -0.2) is 0 Å². The molecule has 0 aromatic carbocycles. The molecule has 1 aromatic heterocycles. The van der Waals surface area contributed by atoms with E-state index in [2.05, 4.69) is 16.9 Å². The van der Waals surface area contributed by atoms with Crippen LogP contribution in [0.25, 0.3) is 0 Å². The first-order chi connectivity index (χ1) is 9.15. The van der Waals surface area contributed by atoms with Crippen LogP contribution in [0.15, 0.2) is 18.2 Å². The van der Waals surface area contributed by atoms with Gasteiger partial charge in [0.25, 0.3) is 0 Å². The number of aromatic nitrogens is 1. The summed E-state index contributed by atoms with van der Waals surface area (Å²) in [4.78, 5) is 6.77. The van der Waals surface area contributed by atoms with Gasteiger partial charge in [0.1, 0.15) is 0 Å². The highest BCUT2D eigenvalue weighted by Gasteiger charge is 2.46. The summed E-state index contributed by atoms with van der Waals surface area (Å²) in [6.07, 6.45) is 2.32. The maximum atomic E-state index is 6.03. The van der Waals surface area contributed by atoms with E-state index in [1.807, 2.05) is 25.1 Å². The minimum atomic E-state index is 0.0672. The molecular formula is C15H22N2O2. The van der Waals surface area contributed by atoms with Crippen molar-refractivity contribution < 1.29 is 9.47 Å². The Bertz CT molecular complexity index is 438. The normalized spacial score (nSPS) is 26.3. The molecule has 2 saturated heterocycles. The van der Waals surface area contributed by atoms with Crippen LogP contribution in [0.2, 0.25) is 0 Å². The maximum Gasteiger partial charge on any atom is 0.0959 e. The van der Waals surface area contributed by atoms with Gasteiger partial charge < -0.3 is 14.4 Å². The molecule has 2 aliphatic heterocycles. The van der Waals surface area contributed by atoms with Crippen molar-refractivity contribution in [2.45, 2.75) is 38.1 Å². The fourth-order valence-electron chi connectivity index (χ4n) is 3.17. The van der Waals surface area contributed by atoms with Crippen LogP contribution in [0.5, 0.6) is 0 Å². The van der Waals surface area contributed by atoms with Gasteiger partial charge in [-0.3, -0.25) is 4.98 Å². The summed E-state index contributed by atoms with van der Waals surface area (Å²) in [5.41, 5.74) is 2.13. The van der Waals surface area contributed by atoms with E-state index in [1.165, 1.54) is 0 Å². The standard InChI is InChI=1S/C15H22N2O2/c1-12-4-3-5-13(16-12)9-18-14-6-7-19-15(8-14)10-17(2)11-15/h3-5,14H,6-11H2,1-2H3/t14-/m0/s1. The molecular weight excluding hydrogens is 240 g/mol. The van der Waals surface area contributed by atoms with Crippen molar-refractivity contribution in [1.29, 1.82) is 0 Å². The van der Waals surface area contributed by atoms with E-state index in [1.54, 1.807) is 0 Å². The molecule has 3 heterocycles. The number of hydrogen-bond donors (Lipinski definition) is 0. The van der Waals surface area contributed by atoms with E-state index in [4.69, 9.17) is 9.47 Å². The van der Waals surface area contributed by atoms with Crippen molar-refractivity contribution in [2.24, 2.45) is 0 Å². The predicted molar refractivity (Wildman–Crippen MR) is 73.0 cm³/mol. The fourth-order valence-corrected chi connectivity index (χ4v) is 3.17. The summed E-state index contributed by atoms with van der Waals surface area (Å²) in [6, 6.07) is 6.07. The van der Waals surface area contributed by atoms with Gasteiger partial charge in [0.05, 0.1) is 24.0 Å². The van der Waals surface area contributed by atoms with Gasteiger partial charge in [-0.05, 0) is 32.5 Å². The Morgan fingerprint density at radius 3 is 3.05 bits per heavy atom. The largest absolute Gasteiger partial charge is 0.372 e. The molecule has 0 bridgehead atoms. The lowest BCUT2D eigenvalue weighted by Gasteiger charge is -2.51. The minimum absolute atomic E-state index is 0.0672. The molecule has 1 spiro atoms. The highest BCUT2D eigenvalue weighted by Crippen LogP contribution is 2.34. The Hall–Kier alpha value is -0.970. The van der Waals surface area contributed by atoms with Crippen molar-refractivity contribution in [3.63, 3.8) is 0 Å². The number of ether oxygens (including phenoxy) is 2. The smallest absolute Gasteiger partial charge is 0.0959 e. The molecule has 0 N–H and O–H groups in total. The van der Waals surface area contributed by atoms with E-state index >= 15 is 0 Å². The van der Waals surface area contributed by atoms with E-state index in [0.717, 1.165) is 43.9 Å². The van der Waals surface area contributed by atoms with Gasteiger partial charge in [-0.1, -0.05) is 6.07 Å². The average Bonchev–Trinajstić information content (AvgIpc) is 2.35. The zero-order chi connectivity index (χ0) is 13.3. The van der Waals surface area contributed by atoms with Crippen molar-refractivity contribution in [1.82, 2.24) is 9.88 Å². The molecule has 1 aromatic rings. The molecule has 0 unspecified atom stereocenters. The first kappa shape index (κ1) is 13.0. The molecule has 1 atom stereocenters. The van der Waals surface area contributed by atoms with E-state index in [0.29, 0.717) is 12.7 Å². The van der Waals surface area contributed by atoms with Gasteiger partial charge in [0, 0.05) is 31.8 Å². The predicted octanol–water partition coefficient (Wildman–Crippen LogP) is 1.77. The number of likely N-dealkylation sites (N-methyl/N-ethyl adjacent to an activating group) is 1. The van der Waals surface area contributed by atoms with Crippen LogP contribution >= 0.6 is 0 Å². The van der Waals surface area contributed by atoms with Crippen LogP contribution in [-0.2, 0) is 16.1 Å². The molecule has 0 aliphatic carbocycles. The van der Waals surface area contributed by atoms with Gasteiger partial charge in [-0.15, -0.1) is 0 Å². The average molecular weight is 262 g/mol. The third-order valence-corrected chi connectivity index (χ3v) is 3.98. The number of likely N-dealkylation sites (tertiary alicyclic amines) is 1. The molecule has 4 nitrogen and oxygen atoms in total. The summed E-state index contributed by atoms with van der Waals surface area (Å²) < 4.78 is 12.0. The quantitative estimate of drug-likeness (QED) is 0.831. The topological polar surface area (TPSA) is 34.6 Å². The number of aryl methyl sites for hydroxylation is 1. The van der Waals surface area contributed by atoms with Crippen molar-refractivity contribution in [3.05, 3.63) is 29.6 Å². The van der Waals surface area contributed by atoms with Gasteiger partial charge in [-0.2, -0.15) is 0 Å². The number of nitrogens with zero attached hydrogens (tertiary/aromatic N) is 2. The second-order valence-electron chi connectivity index (χ2n) is 5.90. The highest BCUT2D eigenvalue weighted by atomic mass is 16.5. The Morgan fingerprint density at radius 2 is 2.32 bits per heavy atom. The molecule has 0 saturated carbocycles. The number of hydrogen-bond acceptors (Lipinski definition) is 4. The van der Waals surface area contributed by atoms with Crippen LogP contribution in [0, 0.1) is 6.92 Å². The Labute approximate surface area is 114 Å². The third kappa shape index (κ3) is 2.96. The monoisotopic (exact) mass is 262 g/mol. The summed E-state index contributed by atoms with van der Waals surface area (Å²) in [6.45, 7) is 5.51. The van der Waals surface area contributed by atoms with Crippen LogP contribution in [0.3, 0.4) is 0 Å². The fraction of sp³-hybridized carbons (Fsp3) is 0.667. The molecule has 2 aliphatic rings.